The Morgan fingerprint density at radius 2 is 1.64 bits per heavy atom. The molecule has 1 aliphatic rings. The van der Waals surface area contributed by atoms with Crippen LogP contribution in [0, 0.1) is 0 Å². The maximum Gasteiger partial charge on any atom is 0.231 e. The molecule has 1 fully saturated rings. The van der Waals surface area contributed by atoms with E-state index in [4.69, 9.17) is 0 Å². The van der Waals surface area contributed by atoms with Crippen LogP contribution >= 0.6 is 0 Å². The molecule has 4 nitrogen and oxygen atoms in total. The third kappa shape index (κ3) is 4.40. The van der Waals surface area contributed by atoms with Crippen molar-refractivity contribution in [1.82, 2.24) is 4.90 Å². The fourth-order valence-corrected chi connectivity index (χ4v) is 3.31. The first kappa shape index (κ1) is 17.5. The first-order valence-corrected chi connectivity index (χ1v) is 9.06. The largest absolute Gasteiger partial charge is 0.369 e. The number of amides is 1. The molecule has 25 heavy (non-hydrogen) atoms. The molecule has 132 valence electrons. The van der Waals surface area contributed by atoms with Crippen molar-refractivity contribution in [3.05, 3.63) is 60.2 Å². The van der Waals surface area contributed by atoms with Crippen LogP contribution in [-0.2, 0) is 4.79 Å². The molecule has 0 unspecified atom stereocenters. The Morgan fingerprint density at radius 3 is 2.24 bits per heavy atom. The Kier molecular flexibility index (Phi) is 5.71. The number of benzene rings is 2. The monoisotopic (exact) mass is 337 g/mol. The van der Waals surface area contributed by atoms with E-state index in [1.165, 1.54) is 5.69 Å². The first-order valence-electron chi connectivity index (χ1n) is 9.06. The molecule has 1 heterocycles. The number of carbonyl (C=O) groups is 1. The molecule has 0 radical (unpaired) electrons. The number of hydrogen-bond acceptors (Lipinski definition) is 3. The van der Waals surface area contributed by atoms with Crippen molar-refractivity contribution in [2.24, 2.45) is 0 Å². The Bertz CT molecular complexity index is 676. The van der Waals surface area contributed by atoms with Crippen LogP contribution < -0.4 is 10.2 Å². The van der Waals surface area contributed by atoms with E-state index in [9.17, 15) is 4.79 Å². The number of rotatable bonds is 5. The number of hydrogen-bond donors (Lipinski definition) is 1. The summed E-state index contributed by atoms with van der Waals surface area (Å²) in [7, 11) is 2.16. The number of nitrogens with one attached hydrogen (secondary N) is 1. The summed E-state index contributed by atoms with van der Waals surface area (Å²) in [6.07, 6.45) is 0.787. The van der Waals surface area contributed by atoms with Gasteiger partial charge in [0, 0.05) is 37.6 Å². The number of likely N-dealkylation sites (N-methyl/N-ethyl adjacent to an activating group) is 1. The molecule has 1 amide bonds. The highest BCUT2D eigenvalue weighted by molar-refractivity contribution is 5.95. The lowest BCUT2D eigenvalue weighted by atomic mass is 9.95. The lowest BCUT2D eigenvalue weighted by Crippen LogP contribution is -2.44. The second-order valence-electron chi connectivity index (χ2n) is 6.70. The minimum Gasteiger partial charge on any atom is -0.369 e. The Hall–Kier alpha value is -2.33. The molecule has 4 heteroatoms. The highest BCUT2D eigenvalue weighted by atomic mass is 16.1. The van der Waals surface area contributed by atoms with Gasteiger partial charge in [0.15, 0.2) is 0 Å². The van der Waals surface area contributed by atoms with E-state index in [1.54, 1.807) is 0 Å². The maximum atomic E-state index is 12.6. The fraction of sp³-hybridized carbons (Fsp3) is 0.381. The number of anilines is 2. The second-order valence-corrected chi connectivity index (χ2v) is 6.70. The van der Waals surface area contributed by atoms with Crippen LogP contribution in [0.2, 0.25) is 0 Å². The van der Waals surface area contributed by atoms with Crippen molar-refractivity contribution in [3.63, 3.8) is 0 Å². The van der Waals surface area contributed by atoms with Crippen LogP contribution in [-0.4, -0.2) is 44.0 Å². The molecular weight excluding hydrogens is 310 g/mol. The van der Waals surface area contributed by atoms with Gasteiger partial charge in [-0.2, -0.15) is 0 Å². The van der Waals surface area contributed by atoms with Gasteiger partial charge in [0.2, 0.25) is 5.91 Å². The Labute approximate surface area is 150 Å². The van der Waals surface area contributed by atoms with Crippen molar-refractivity contribution < 1.29 is 4.79 Å². The van der Waals surface area contributed by atoms with Gasteiger partial charge in [0.1, 0.15) is 0 Å². The van der Waals surface area contributed by atoms with Crippen LogP contribution in [0.1, 0.15) is 24.8 Å². The molecule has 3 rings (SSSR count). The molecule has 1 aliphatic heterocycles. The van der Waals surface area contributed by atoms with E-state index in [1.807, 2.05) is 49.4 Å². The van der Waals surface area contributed by atoms with E-state index in [0.717, 1.165) is 43.9 Å². The number of nitrogens with zero attached hydrogens (tertiary/aromatic N) is 2. The van der Waals surface area contributed by atoms with E-state index < -0.39 is 0 Å². The van der Waals surface area contributed by atoms with Crippen LogP contribution in [0.3, 0.4) is 0 Å². The standard InChI is InChI=1S/C21H27N3O/c1-3-20(17-7-5-4-6-8-17)21(25)22-18-9-11-19(12-10-18)24-15-13-23(2)14-16-24/h4-12,20H,3,13-16H2,1-2H3,(H,22,25)/t20-/m1/s1. The van der Waals surface area contributed by atoms with Gasteiger partial charge in [-0.1, -0.05) is 37.3 Å². The molecule has 1 N–H and O–H groups in total. The Balaban J connectivity index is 1.63. The highest BCUT2D eigenvalue weighted by Gasteiger charge is 2.19. The van der Waals surface area contributed by atoms with Crippen LogP contribution in [0.5, 0.6) is 0 Å². The zero-order valence-corrected chi connectivity index (χ0v) is 15.1. The van der Waals surface area contributed by atoms with E-state index in [2.05, 4.69) is 34.3 Å². The second kappa shape index (κ2) is 8.17. The van der Waals surface area contributed by atoms with Crippen LogP contribution in [0.4, 0.5) is 11.4 Å². The number of piperazine rings is 1. The van der Waals surface area contributed by atoms with Crippen LogP contribution in [0.15, 0.2) is 54.6 Å². The van der Waals surface area contributed by atoms with Gasteiger partial charge in [-0.25, -0.2) is 0 Å². The quantitative estimate of drug-likeness (QED) is 0.906. The van der Waals surface area contributed by atoms with Crippen molar-refractivity contribution in [2.45, 2.75) is 19.3 Å². The summed E-state index contributed by atoms with van der Waals surface area (Å²) in [6.45, 7) is 6.33. The van der Waals surface area contributed by atoms with Gasteiger partial charge >= 0.3 is 0 Å². The molecular formula is C21H27N3O. The van der Waals surface area contributed by atoms with E-state index in [-0.39, 0.29) is 11.8 Å². The minimum atomic E-state index is -0.112. The average Bonchev–Trinajstić information content (AvgIpc) is 2.65. The third-order valence-corrected chi connectivity index (χ3v) is 4.93. The predicted octanol–water partition coefficient (Wildman–Crippen LogP) is 3.57. The van der Waals surface area contributed by atoms with Gasteiger partial charge < -0.3 is 15.1 Å². The van der Waals surface area contributed by atoms with Crippen molar-refractivity contribution >= 4 is 17.3 Å². The van der Waals surface area contributed by atoms with Crippen molar-refractivity contribution in [2.75, 3.05) is 43.4 Å². The van der Waals surface area contributed by atoms with Crippen molar-refractivity contribution in [1.29, 1.82) is 0 Å². The average molecular weight is 337 g/mol. The zero-order valence-electron chi connectivity index (χ0n) is 15.1. The highest BCUT2D eigenvalue weighted by Crippen LogP contribution is 2.23. The van der Waals surface area contributed by atoms with Gasteiger partial charge in [0.25, 0.3) is 0 Å². The van der Waals surface area contributed by atoms with Gasteiger partial charge in [-0.3, -0.25) is 4.79 Å². The summed E-state index contributed by atoms with van der Waals surface area (Å²) in [6, 6.07) is 18.2. The van der Waals surface area contributed by atoms with Crippen LogP contribution in [0.25, 0.3) is 0 Å². The zero-order chi connectivity index (χ0) is 17.6. The third-order valence-electron chi connectivity index (χ3n) is 4.93. The summed E-state index contributed by atoms with van der Waals surface area (Å²) < 4.78 is 0. The summed E-state index contributed by atoms with van der Waals surface area (Å²) in [5, 5.41) is 3.06. The molecule has 0 saturated carbocycles. The Morgan fingerprint density at radius 1 is 1.00 bits per heavy atom. The molecule has 1 atom stereocenters. The van der Waals surface area contributed by atoms with Gasteiger partial charge in [-0.15, -0.1) is 0 Å². The molecule has 0 aromatic heterocycles. The SMILES string of the molecule is CC[C@@H](C(=O)Nc1ccc(N2CCN(C)CC2)cc1)c1ccccc1. The van der Waals surface area contributed by atoms with Gasteiger partial charge in [0.05, 0.1) is 5.92 Å². The lowest BCUT2D eigenvalue weighted by Gasteiger charge is -2.34. The normalized spacial score (nSPS) is 16.5. The molecule has 2 aromatic rings. The molecule has 0 aliphatic carbocycles. The summed E-state index contributed by atoms with van der Waals surface area (Å²) in [5.41, 5.74) is 3.15. The maximum absolute atomic E-state index is 12.6. The molecule has 1 saturated heterocycles. The first-order chi connectivity index (χ1) is 12.2. The minimum absolute atomic E-state index is 0.0565. The molecule has 0 bridgehead atoms. The number of carbonyl (C=O) groups excluding carboxylic acids is 1. The summed E-state index contributed by atoms with van der Waals surface area (Å²) in [5.74, 6) is -0.0560. The topological polar surface area (TPSA) is 35.6 Å². The van der Waals surface area contributed by atoms with E-state index >= 15 is 0 Å². The van der Waals surface area contributed by atoms with Gasteiger partial charge in [-0.05, 0) is 43.3 Å². The van der Waals surface area contributed by atoms with Crippen molar-refractivity contribution in [3.8, 4) is 0 Å². The lowest BCUT2D eigenvalue weighted by molar-refractivity contribution is -0.117. The smallest absolute Gasteiger partial charge is 0.231 e. The molecule has 0 spiro atoms. The fourth-order valence-electron chi connectivity index (χ4n) is 3.31. The summed E-state index contributed by atoms with van der Waals surface area (Å²) in [4.78, 5) is 17.4. The molecule has 2 aromatic carbocycles. The summed E-state index contributed by atoms with van der Waals surface area (Å²) >= 11 is 0. The predicted molar refractivity (Wildman–Crippen MR) is 104 cm³/mol. The van der Waals surface area contributed by atoms with E-state index in [0.29, 0.717) is 0 Å².